The van der Waals surface area contributed by atoms with E-state index in [1.54, 1.807) is 6.20 Å². The van der Waals surface area contributed by atoms with E-state index in [-0.39, 0.29) is 5.92 Å². The summed E-state index contributed by atoms with van der Waals surface area (Å²) in [6, 6.07) is 12.2. The van der Waals surface area contributed by atoms with E-state index in [1.165, 1.54) is 0 Å². The van der Waals surface area contributed by atoms with Crippen LogP contribution in [-0.2, 0) is 6.54 Å². The third-order valence-electron chi connectivity index (χ3n) is 2.44. The first kappa shape index (κ1) is 10.4. The van der Waals surface area contributed by atoms with Crippen molar-refractivity contribution in [1.82, 2.24) is 9.55 Å². The molecule has 1 unspecified atom stereocenters. The van der Waals surface area contributed by atoms with Gasteiger partial charge in [-0.1, -0.05) is 30.3 Å². The highest BCUT2D eigenvalue weighted by molar-refractivity contribution is 5.55. The highest BCUT2D eigenvalue weighted by atomic mass is 15.1. The number of hydrogen-bond acceptors (Lipinski definition) is 2. The fraction of sp³-hybridized carbons (Fsp3) is 0.231. The van der Waals surface area contributed by atoms with Crippen LogP contribution in [0, 0.1) is 17.2 Å². The van der Waals surface area contributed by atoms with Crippen LogP contribution in [0.2, 0.25) is 0 Å². The van der Waals surface area contributed by atoms with Crippen molar-refractivity contribution in [1.29, 1.82) is 5.26 Å². The molecule has 0 fully saturated rings. The minimum absolute atomic E-state index is 0.00309. The van der Waals surface area contributed by atoms with Gasteiger partial charge in [-0.2, -0.15) is 5.26 Å². The quantitative estimate of drug-likeness (QED) is 0.783. The molecular weight excluding hydrogens is 198 g/mol. The van der Waals surface area contributed by atoms with E-state index in [1.807, 2.05) is 48.0 Å². The molecule has 1 atom stereocenters. The molecule has 80 valence electrons. The van der Waals surface area contributed by atoms with Gasteiger partial charge >= 0.3 is 0 Å². The third kappa shape index (κ3) is 2.12. The number of benzene rings is 1. The van der Waals surface area contributed by atoms with Crippen LogP contribution in [0.3, 0.4) is 0 Å². The zero-order valence-corrected chi connectivity index (χ0v) is 9.17. The Hall–Kier alpha value is -2.08. The molecule has 0 aliphatic rings. The van der Waals surface area contributed by atoms with Gasteiger partial charge in [0.05, 0.1) is 12.0 Å². The second-order valence-electron chi connectivity index (χ2n) is 3.80. The topological polar surface area (TPSA) is 41.6 Å². The van der Waals surface area contributed by atoms with Gasteiger partial charge < -0.3 is 4.57 Å². The van der Waals surface area contributed by atoms with E-state index in [0.717, 1.165) is 11.4 Å². The molecule has 0 aliphatic heterocycles. The van der Waals surface area contributed by atoms with Gasteiger partial charge in [0.15, 0.2) is 0 Å². The van der Waals surface area contributed by atoms with Crippen molar-refractivity contribution >= 4 is 0 Å². The summed E-state index contributed by atoms with van der Waals surface area (Å²) in [5.74, 6) is 0.916. The summed E-state index contributed by atoms with van der Waals surface area (Å²) in [6.07, 6.45) is 3.68. The molecule has 2 rings (SSSR count). The lowest BCUT2D eigenvalue weighted by molar-refractivity contribution is 0.585. The fourth-order valence-electron chi connectivity index (χ4n) is 1.64. The van der Waals surface area contributed by atoms with Gasteiger partial charge in [-0.25, -0.2) is 4.98 Å². The van der Waals surface area contributed by atoms with E-state index in [9.17, 15) is 0 Å². The first-order chi connectivity index (χ1) is 7.81. The second kappa shape index (κ2) is 4.63. The Morgan fingerprint density at radius 1 is 1.38 bits per heavy atom. The molecule has 1 heterocycles. The predicted octanol–water partition coefficient (Wildman–Crippen LogP) is 2.71. The number of hydrogen-bond donors (Lipinski definition) is 0. The fourth-order valence-corrected chi connectivity index (χ4v) is 1.64. The number of aromatic nitrogens is 2. The SMILES string of the molecule is CC(C#N)Cn1ccnc1-c1ccccc1. The second-order valence-corrected chi connectivity index (χ2v) is 3.80. The van der Waals surface area contributed by atoms with Gasteiger partial charge in [0, 0.05) is 24.5 Å². The molecule has 3 heteroatoms. The van der Waals surface area contributed by atoms with Crippen molar-refractivity contribution in [3.63, 3.8) is 0 Å². The van der Waals surface area contributed by atoms with Crippen LogP contribution in [0.15, 0.2) is 42.7 Å². The highest BCUT2D eigenvalue weighted by Gasteiger charge is 2.07. The Kier molecular flexibility index (Phi) is 3.02. The minimum atomic E-state index is -0.00309. The Bertz CT molecular complexity index is 493. The summed E-state index contributed by atoms with van der Waals surface area (Å²) in [6.45, 7) is 2.59. The monoisotopic (exact) mass is 211 g/mol. The summed E-state index contributed by atoms with van der Waals surface area (Å²) in [4.78, 5) is 4.33. The zero-order valence-electron chi connectivity index (χ0n) is 9.17. The average Bonchev–Trinajstić information content (AvgIpc) is 2.78. The van der Waals surface area contributed by atoms with Crippen LogP contribution in [0.4, 0.5) is 0 Å². The van der Waals surface area contributed by atoms with Crippen LogP contribution < -0.4 is 0 Å². The molecule has 2 aromatic rings. The van der Waals surface area contributed by atoms with Crippen molar-refractivity contribution in [3.8, 4) is 17.5 Å². The maximum atomic E-state index is 8.81. The zero-order chi connectivity index (χ0) is 11.4. The summed E-state index contributed by atoms with van der Waals surface area (Å²) in [5.41, 5.74) is 1.08. The van der Waals surface area contributed by atoms with Crippen LogP contribution in [0.25, 0.3) is 11.4 Å². The molecule has 1 aromatic carbocycles. The smallest absolute Gasteiger partial charge is 0.139 e. The standard InChI is InChI=1S/C13H13N3/c1-11(9-14)10-16-8-7-15-13(16)12-5-3-2-4-6-12/h2-8,11H,10H2,1H3. The molecule has 0 saturated heterocycles. The lowest BCUT2D eigenvalue weighted by Crippen LogP contribution is -2.06. The first-order valence-electron chi connectivity index (χ1n) is 5.27. The predicted molar refractivity (Wildman–Crippen MR) is 62.4 cm³/mol. The number of nitriles is 1. The lowest BCUT2D eigenvalue weighted by atomic mass is 10.2. The van der Waals surface area contributed by atoms with Gasteiger partial charge in [-0.3, -0.25) is 0 Å². The van der Waals surface area contributed by atoms with Gasteiger partial charge in [-0.15, -0.1) is 0 Å². The van der Waals surface area contributed by atoms with Gasteiger partial charge in [0.25, 0.3) is 0 Å². The van der Waals surface area contributed by atoms with E-state index in [0.29, 0.717) is 6.54 Å². The number of imidazole rings is 1. The van der Waals surface area contributed by atoms with E-state index < -0.39 is 0 Å². The van der Waals surface area contributed by atoms with Crippen molar-refractivity contribution in [2.24, 2.45) is 5.92 Å². The van der Waals surface area contributed by atoms with Crippen molar-refractivity contribution in [2.45, 2.75) is 13.5 Å². The third-order valence-corrected chi connectivity index (χ3v) is 2.44. The molecule has 16 heavy (non-hydrogen) atoms. The van der Waals surface area contributed by atoms with Crippen LogP contribution in [0.1, 0.15) is 6.92 Å². The summed E-state index contributed by atoms with van der Waals surface area (Å²) < 4.78 is 2.02. The number of nitrogens with zero attached hydrogens (tertiary/aromatic N) is 3. The molecule has 0 aliphatic carbocycles. The van der Waals surface area contributed by atoms with E-state index in [4.69, 9.17) is 5.26 Å². The van der Waals surface area contributed by atoms with Crippen molar-refractivity contribution in [3.05, 3.63) is 42.7 Å². The molecule has 0 bridgehead atoms. The van der Waals surface area contributed by atoms with Crippen molar-refractivity contribution < 1.29 is 0 Å². The Morgan fingerprint density at radius 3 is 2.81 bits per heavy atom. The van der Waals surface area contributed by atoms with E-state index >= 15 is 0 Å². The van der Waals surface area contributed by atoms with Crippen LogP contribution in [0.5, 0.6) is 0 Å². The largest absolute Gasteiger partial charge is 0.330 e. The molecule has 3 nitrogen and oxygen atoms in total. The molecule has 0 N–H and O–H groups in total. The maximum Gasteiger partial charge on any atom is 0.139 e. The van der Waals surface area contributed by atoms with Crippen LogP contribution >= 0.6 is 0 Å². The Morgan fingerprint density at radius 2 is 2.12 bits per heavy atom. The Balaban J connectivity index is 2.30. The molecule has 0 saturated carbocycles. The maximum absolute atomic E-state index is 8.81. The average molecular weight is 211 g/mol. The highest BCUT2D eigenvalue weighted by Crippen LogP contribution is 2.17. The minimum Gasteiger partial charge on any atom is -0.330 e. The summed E-state index contributed by atoms with van der Waals surface area (Å²) >= 11 is 0. The molecule has 1 aromatic heterocycles. The van der Waals surface area contributed by atoms with Gasteiger partial charge in [0.2, 0.25) is 0 Å². The Labute approximate surface area is 95.0 Å². The van der Waals surface area contributed by atoms with Gasteiger partial charge in [-0.05, 0) is 6.92 Å². The first-order valence-corrected chi connectivity index (χ1v) is 5.27. The molecule has 0 amide bonds. The number of rotatable bonds is 3. The molecular formula is C13H13N3. The summed E-state index contributed by atoms with van der Waals surface area (Å²) in [5, 5.41) is 8.81. The van der Waals surface area contributed by atoms with Crippen molar-refractivity contribution in [2.75, 3.05) is 0 Å². The summed E-state index contributed by atoms with van der Waals surface area (Å²) in [7, 11) is 0. The van der Waals surface area contributed by atoms with Crippen LogP contribution in [-0.4, -0.2) is 9.55 Å². The molecule has 0 spiro atoms. The molecule has 0 radical (unpaired) electrons. The normalized spacial score (nSPS) is 12.0. The van der Waals surface area contributed by atoms with E-state index in [2.05, 4.69) is 11.1 Å². The lowest BCUT2D eigenvalue weighted by Gasteiger charge is -2.08. The van der Waals surface area contributed by atoms with Gasteiger partial charge in [0.1, 0.15) is 5.82 Å².